The molecule has 1 saturated carbocycles. The van der Waals surface area contributed by atoms with Crippen LogP contribution in [0.3, 0.4) is 0 Å². The zero-order valence-electron chi connectivity index (χ0n) is 17.2. The molecule has 30 heavy (non-hydrogen) atoms. The maximum absolute atomic E-state index is 12.8. The van der Waals surface area contributed by atoms with Gasteiger partial charge in [-0.3, -0.25) is 14.5 Å². The summed E-state index contributed by atoms with van der Waals surface area (Å²) in [5.74, 6) is -0.137. The molecule has 160 valence electrons. The average Bonchev–Trinajstić information content (AvgIpc) is 3.26. The smallest absolute Gasteiger partial charge is 0.271 e. The van der Waals surface area contributed by atoms with Gasteiger partial charge in [0.25, 0.3) is 5.91 Å². The van der Waals surface area contributed by atoms with Crippen molar-refractivity contribution < 1.29 is 14.7 Å². The van der Waals surface area contributed by atoms with Gasteiger partial charge in [-0.05, 0) is 19.3 Å². The van der Waals surface area contributed by atoms with Gasteiger partial charge in [-0.25, -0.2) is 4.98 Å². The number of aromatic nitrogens is 1. The van der Waals surface area contributed by atoms with Gasteiger partial charge >= 0.3 is 0 Å². The van der Waals surface area contributed by atoms with Crippen molar-refractivity contribution in [3.05, 3.63) is 41.4 Å². The van der Waals surface area contributed by atoms with Crippen molar-refractivity contribution >= 4 is 23.2 Å². The van der Waals surface area contributed by atoms with Crippen molar-refractivity contribution in [2.75, 3.05) is 26.2 Å². The summed E-state index contributed by atoms with van der Waals surface area (Å²) in [6.07, 6.45) is 1.99. The number of thiazole rings is 1. The summed E-state index contributed by atoms with van der Waals surface area (Å²) >= 11 is 1.44. The van der Waals surface area contributed by atoms with Crippen LogP contribution in [0.25, 0.3) is 10.6 Å². The molecule has 0 radical (unpaired) electrons. The van der Waals surface area contributed by atoms with E-state index in [1.54, 1.807) is 12.3 Å². The number of nitrogens with zero attached hydrogens (tertiary/aromatic N) is 3. The SMILES string of the molecule is CC(=O)N1CCN([C@@H]2CCC[C@@H](NC(=O)c3csc(-c4ccccc4)n3)[C@H]2O)CC1. The Morgan fingerprint density at radius 2 is 1.87 bits per heavy atom. The fourth-order valence-corrected chi connectivity index (χ4v) is 5.22. The van der Waals surface area contributed by atoms with Crippen molar-refractivity contribution in [1.82, 2.24) is 20.1 Å². The lowest BCUT2D eigenvalue weighted by molar-refractivity contribution is -0.131. The summed E-state index contributed by atoms with van der Waals surface area (Å²) in [5.41, 5.74) is 1.38. The number of amides is 2. The van der Waals surface area contributed by atoms with Crippen LogP contribution < -0.4 is 5.32 Å². The van der Waals surface area contributed by atoms with Gasteiger partial charge in [0.05, 0.1) is 12.1 Å². The average molecular weight is 429 g/mol. The van der Waals surface area contributed by atoms with Gasteiger partial charge in [-0.1, -0.05) is 30.3 Å². The molecule has 7 nitrogen and oxygen atoms in total. The van der Waals surface area contributed by atoms with Crippen LogP contribution in [0.15, 0.2) is 35.7 Å². The van der Waals surface area contributed by atoms with Crippen LogP contribution in [0.1, 0.15) is 36.7 Å². The van der Waals surface area contributed by atoms with Crippen molar-refractivity contribution in [2.24, 2.45) is 0 Å². The van der Waals surface area contributed by atoms with Gasteiger partial charge in [0.15, 0.2) is 0 Å². The Hall–Kier alpha value is -2.29. The predicted octanol–water partition coefficient (Wildman–Crippen LogP) is 1.99. The van der Waals surface area contributed by atoms with Gasteiger partial charge < -0.3 is 15.3 Å². The molecule has 1 aromatic carbocycles. The Kier molecular flexibility index (Phi) is 6.46. The molecular weight excluding hydrogens is 400 g/mol. The third-order valence-electron chi connectivity index (χ3n) is 6.12. The van der Waals surface area contributed by atoms with E-state index in [2.05, 4.69) is 15.2 Å². The van der Waals surface area contributed by atoms with Crippen LogP contribution in [0.4, 0.5) is 0 Å². The van der Waals surface area contributed by atoms with Gasteiger partial charge in [0, 0.05) is 50.1 Å². The second-order valence-corrected chi connectivity index (χ2v) is 8.87. The minimum Gasteiger partial charge on any atom is -0.389 e. The van der Waals surface area contributed by atoms with E-state index in [-0.39, 0.29) is 23.9 Å². The molecule has 2 amide bonds. The first-order chi connectivity index (χ1) is 14.5. The molecule has 0 spiro atoms. The first kappa shape index (κ1) is 21.0. The maximum Gasteiger partial charge on any atom is 0.271 e. The van der Waals surface area contributed by atoms with E-state index < -0.39 is 6.10 Å². The topological polar surface area (TPSA) is 85.8 Å². The van der Waals surface area contributed by atoms with Crippen LogP contribution in [0.5, 0.6) is 0 Å². The molecule has 4 rings (SSSR count). The summed E-state index contributed by atoms with van der Waals surface area (Å²) in [7, 11) is 0. The molecule has 0 bridgehead atoms. The first-order valence-electron chi connectivity index (χ1n) is 10.5. The third kappa shape index (κ3) is 4.55. The van der Waals surface area contributed by atoms with E-state index in [1.165, 1.54) is 11.3 Å². The van der Waals surface area contributed by atoms with E-state index in [0.29, 0.717) is 18.8 Å². The van der Waals surface area contributed by atoms with Crippen LogP contribution in [-0.4, -0.2) is 76.1 Å². The summed E-state index contributed by atoms with van der Waals surface area (Å²) in [4.78, 5) is 32.9. The van der Waals surface area contributed by atoms with Crippen molar-refractivity contribution in [3.63, 3.8) is 0 Å². The number of hydrogen-bond acceptors (Lipinski definition) is 6. The zero-order valence-corrected chi connectivity index (χ0v) is 18.0. The number of nitrogens with one attached hydrogen (secondary N) is 1. The molecule has 2 heterocycles. The Balaban J connectivity index is 1.37. The monoisotopic (exact) mass is 428 g/mol. The highest BCUT2D eigenvalue weighted by molar-refractivity contribution is 7.13. The minimum atomic E-state index is -0.626. The number of rotatable bonds is 4. The highest BCUT2D eigenvalue weighted by atomic mass is 32.1. The van der Waals surface area contributed by atoms with Crippen molar-refractivity contribution in [1.29, 1.82) is 0 Å². The Morgan fingerprint density at radius 3 is 2.57 bits per heavy atom. The van der Waals surface area contributed by atoms with Gasteiger partial charge in [0.1, 0.15) is 10.7 Å². The lowest BCUT2D eigenvalue weighted by Gasteiger charge is -2.44. The summed E-state index contributed by atoms with van der Waals surface area (Å²) in [5, 5.41) is 16.6. The van der Waals surface area contributed by atoms with Gasteiger partial charge in [-0.2, -0.15) is 0 Å². The lowest BCUT2D eigenvalue weighted by Crippen LogP contribution is -2.60. The first-order valence-corrected chi connectivity index (χ1v) is 11.4. The number of piperazine rings is 1. The fourth-order valence-electron chi connectivity index (χ4n) is 4.41. The molecule has 2 N–H and O–H groups in total. The Morgan fingerprint density at radius 1 is 1.13 bits per heavy atom. The maximum atomic E-state index is 12.8. The molecule has 1 aromatic heterocycles. The highest BCUT2D eigenvalue weighted by Crippen LogP contribution is 2.26. The Labute approximate surface area is 180 Å². The molecule has 1 saturated heterocycles. The normalized spacial score (nSPS) is 25.1. The lowest BCUT2D eigenvalue weighted by atomic mass is 9.86. The van der Waals surface area contributed by atoms with E-state index >= 15 is 0 Å². The van der Waals surface area contributed by atoms with Gasteiger partial charge in [0.2, 0.25) is 5.91 Å². The molecule has 2 fully saturated rings. The predicted molar refractivity (Wildman–Crippen MR) is 116 cm³/mol. The zero-order chi connectivity index (χ0) is 21.1. The number of carbonyl (C=O) groups excluding carboxylic acids is 2. The molecule has 2 aliphatic rings. The van der Waals surface area contributed by atoms with Gasteiger partial charge in [-0.15, -0.1) is 11.3 Å². The van der Waals surface area contributed by atoms with E-state index in [4.69, 9.17) is 0 Å². The van der Waals surface area contributed by atoms with Crippen LogP contribution >= 0.6 is 11.3 Å². The van der Waals surface area contributed by atoms with Crippen LogP contribution in [-0.2, 0) is 4.79 Å². The van der Waals surface area contributed by atoms with Crippen LogP contribution in [0, 0.1) is 0 Å². The number of aliphatic hydroxyl groups is 1. The molecule has 1 aliphatic heterocycles. The second kappa shape index (κ2) is 9.24. The van der Waals surface area contributed by atoms with Crippen molar-refractivity contribution in [2.45, 2.75) is 44.4 Å². The number of aliphatic hydroxyl groups excluding tert-OH is 1. The number of carbonyl (C=O) groups is 2. The van der Waals surface area contributed by atoms with E-state index in [1.807, 2.05) is 35.2 Å². The molecule has 0 unspecified atom stereocenters. The summed E-state index contributed by atoms with van der Waals surface area (Å²) < 4.78 is 0. The molecule has 2 aromatic rings. The Bertz CT molecular complexity index is 880. The molecule has 8 heteroatoms. The molecule has 1 aliphatic carbocycles. The standard InChI is InChI=1S/C22H28N4O3S/c1-15(27)25-10-12-26(13-11-25)19-9-5-8-17(20(19)28)23-21(29)18-14-30-22(24-18)16-6-3-2-4-7-16/h2-4,6-7,14,17,19-20,28H,5,8-13H2,1H3,(H,23,29)/t17-,19-,20-/m1/s1. The quantitative estimate of drug-likeness (QED) is 0.778. The van der Waals surface area contributed by atoms with E-state index in [0.717, 1.165) is 42.9 Å². The number of hydrogen-bond donors (Lipinski definition) is 2. The largest absolute Gasteiger partial charge is 0.389 e. The second-order valence-electron chi connectivity index (χ2n) is 8.01. The summed E-state index contributed by atoms with van der Waals surface area (Å²) in [6.45, 7) is 4.49. The highest BCUT2D eigenvalue weighted by Gasteiger charge is 2.37. The molecular formula is C22H28N4O3S. The number of benzene rings is 1. The summed E-state index contributed by atoms with van der Waals surface area (Å²) in [6, 6.07) is 9.52. The molecule has 3 atom stereocenters. The van der Waals surface area contributed by atoms with Crippen LogP contribution in [0.2, 0.25) is 0 Å². The van der Waals surface area contributed by atoms with Crippen molar-refractivity contribution in [3.8, 4) is 10.6 Å². The fraction of sp³-hybridized carbons (Fsp3) is 0.500. The third-order valence-corrected chi connectivity index (χ3v) is 7.02. The minimum absolute atomic E-state index is 0.00784. The van der Waals surface area contributed by atoms with E-state index in [9.17, 15) is 14.7 Å².